The maximum Gasteiger partial charge on any atom is 0.246 e. The van der Waals surface area contributed by atoms with Crippen LogP contribution in [0.25, 0.3) is 0 Å². The lowest BCUT2D eigenvalue weighted by Crippen LogP contribution is -2.40. The van der Waals surface area contributed by atoms with Crippen LogP contribution < -0.4 is 10.2 Å². The summed E-state index contributed by atoms with van der Waals surface area (Å²) in [7, 11) is 0. The standard InChI is InChI=1S/C17H17FN2O2S/c18-13-5-7-14(8-6-13)20(11-15-2-1-9-23-15)16(21)10-19-17(22)12-3-4-12/h1-2,5-9,12H,3-4,10-11H2,(H,19,22). The maximum absolute atomic E-state index is 13.1. The molecule has 4 nitrogen and oxygen atoms in total. The lowest BCUT2D eigenvalue weighted by Gasteiger charge is -2.22. The largest absolute Gasteiger partial charge is 0.347 e. The van der Waals surface area contributed by atoms with Crippen molar-refractivity contribution < 1.29 is 14.0 Å². The third-order valence-electron chi connectivity index (χ3n) is 3.70. The molecule has 0 bridgehead atoms. The molecule has 1 saturated carbocycles. The van der Waals surface area contributed by atoms with E-state index < -0.39 is 0 Å². The van der Waals surface area contributed by atoms with E-state index in [1.54, 1.807) is 28.4 Å². The van der Waals surface area contributed by atoms with Crippen LogP contribution in [0.2, 0.25) is 0 Å². The number of amides is 2. The van der Waals surface area contributed by atoms with Crippen molar-refractivity contribution >= 4 is 28.8 Å². The SMILES string of the molecule is O=C(NCC(=O)N(Cc1cccs1)c1ccc(F)cc1)C1CC1. The van der Waals surface area contributed by atoms with Crippen LogP contribution in [0.5, 0.6) is 0 Å². The van der Waals surface area contributed by atoms with Gasteiger partial charge in [0.1, 0.15) is 5.82 Å². The molecule has 3 rings (SSSR count). The highest BCUT2D eigenvalue weighted by atomic mass is 32.1. The molecule has 1 aliphatic carbocycles. The van der Waals surface area contributed by atoms with Gasteiger partial charge in [0.05, 0.1) is 13.1 Å². The Balaban J connectivity index is 1.71. The molecule has 0 unspecified atom stereocenters. The Labute approximate surface area is 137 Å². The molecule has 1 N–H and O–H groups in total. The molecule has 23 heavy (non-hydrogen) atoms. The molecule has 0 spiro atoms. The number of hydrogen-bond acceptors (Lipinski definition) is 3. The van der Waals surface area contributed by atoms with E-state index in [2.05, 4.69) is 5.32 Å². The number of carbonyl (C=O) groups excluding carboxylic acids is 2. The van der Waals surface area contributed by atoms with Crippen molar-refractivity contribution in [2.45, 2.75) is 19.4 Å². The summed E-state index contributed by atoms with van der Waals surface area (Å²) in [6.07, 6.45) is 1.80. The Kier molecular flexibility index (Phi) is 4.71. The number of nitrogens with zero attached hydrogens (tertiary/aromatic N) is 1. The van der Waals surface area contributed by atoms with Crippen molar-refractivity contribution in [1.82, 2.24) is 5.32 Å². The van der Waals surface area contributed by atoms with Gasteiger partial charge in [0, 0.05) is 16.5 Å². The molecule has 2 aromatic rings. The predicted octanol–water partition coefficient (Wildman–Crippen LogP) is 2.95. The summed E-state index contributed by atoms with van der Waals surface area (Å²) in [4.78, 5) is 26.8. The van der Waals surface area contributed by atoms with Gasteiger partial charge in [-0.3, -0.25) is 9.59 Å². The second-order valence-electron chi connectivity index (χ2n) is 5.53. The van der Waals surface area contributed by atoms with Gasteiger partial charge in [0.25, 0.3) is 0 Å². The van der Waals surface area contributed by atoms with Crippen molar-refractivity contribution in [2.75, 3.05) is 11.4 Å². The molecule has 1 aromatic carbocycles. The minimum absolute atomic E-state index is 0.0436. The lowest BCUT2D eigenvalue weighted by molar-refractivity contribution is -0.125. The summed E-state index contributed by atoms with van der Waals surface area (Å²) in [5.74, 6) is -0.550. The number of hydrogen-bond donors (Lipinski definition) is 1. The van der Waals surface area contributed by atoms with Crippen molar-refractivity contribution in [3.8, 4) is 0 Å². The van der Waals surface area contributed by atoms with Crippen molar-refractivity contribution in [2.24, 2.45) is 5.92 Å². The number of halogens is 1. The van der Waals surface area contributed by atoms with Gasteiger partial charge in [-0.15, -0.1) is 11.3 Å². The molecule has 2 amide bonds. The molecule has 1 heterocycles. The average molecular weight is 332 g/mol. The highest BCUT2D eigenvalue weighted by Gasteiger charge is 2.30. The zero-order chi connectivity index (χ0) is 16.2. The zero-order valence-corrected chi connectivity index (χ0v) is 13.3. The van der Waals surface area contributed by atoms with E-state index in [1.807, 2.05) is 17.5 Å². The van der Waals surface area contributed by atoms with Crippen LogP contribution in [0, 0.1) is 11.7 Å². The van der Waals surface area contributed by atoms with Crippen LogP contribution in [0.15, 0.2) is 41.8 Å². The normalized spacial score (nSPS) is 13.6. The van der Waals surface area contributed by atoms with Gasteiger partial charge in [-0.2, -0.15) is 0 Å². The number of thiophene rings is 1. The Hall–Kier alpha value is -2.21. The maximum atomic E-state index is 13.1. The van der Waals surface area contributed by atoms with Gasteiger partial charge >= 0.3 is 0 Å². The van der Waals surface area contributed by atoms with E-state index in [4.69, 9.17) is 0 Å². The number of anilines is 1. The summed E-state index contributed by atoms with van der Waals surface area (Å²) in [5, 5.41) is 4.63. The fraction of sp³-hybridized carbons (Fsp3) is 0.294. The molecule has 120 valence electrons. The highest BCUT2D eigenvalue weighted by molar-refractivity contribution is 7.09. The molecular formula is C17H17FN2O2S. The van der Waals surface area contributed by atoms with Gasteiger partial charge in [0.15, 0.2) is 0 Å². The first-order chi connectivity index (χ1) is 11.1. The summed E-state index contributed by atoms with van der Waals surface area (Å²) in [6, 6.07) is 9.66. The second-order valence-corrected chi connectivity index (χ2v) is 6.56. The first-order valence-electron chi connectivity index (χ1n) is 7.49. The number of benzene rings is 1. The fourth-order valence-electron chi connectivity index (χ4n) is 2.25. The quantitative estimate of drug-likeness (QED) is 0.884. The Morgan fingerprint density at radius 3 is 2.57 bits per heavy atom. The van der Waals surface area contributed by atoms with Gasteiger partial charge in [0.2, 0.25) is 11.8 Å². The highest BCUT2D eigenvalue weighted by Crippen LogP contribution is 2.28. The van der Waals surface area contributed by atoms with E-state index in [0.717, 1.165) is 17.7 Å². The summed E-state index contributed by atoms with van der Waals surface area (Å²) >= 11 is 1.55. The third kappa shape index (κ3) is 4.16. The Morgan fingerprint density at radius 1 is 1.22 bits per heavy atom. The molecule has 0 radical (unpaired) electrons. The molecule has 1 aromatic heterocycles. The van der Waals surface area contributed by atoms with Gasteiger partial charge in [-0.05, 0) is 48.6 Å². The van der Waals surface area contributed by atoms with Gasteiger partial charge < -0.3 is 10.2 Å². The van der Waals surface area contributed by atoms with E-state index in [9.17, 15) is 14.0 Å². The predicted molar refractivity (Wildman–Crippen MR) is 87.6 cm³/mol. The Bertz CT molecular complexity index is 681. The molecule has 1 fully saturated rings. The molecular weight excluding hydrogens is 315 g/mol. The van der Waals surface area contributed by atoms with Crippen LogP contribution in [0.3, 0.4) is 0 Å². The van der Waals surface area contributed by atoms with Crippen LogP contribution in [-0.2, 0) is 16.1 Å². The minimum Gasteiger partial charge on any atom is -0.347 e. The number of rotatable bonds is 6. The minimum atomic E-state index is -0.348. The van der Waals surface area contributed by atoms with Gasteiger partial charge in [-0.25, -0.2) is 4.39 Å². The van der Waals surface area contributed by atoms with Crippen molar-refractivity contribution in [3.63, 3.8) is 0 Å². The summed E-state index contributed by atoms with van der Waals surface area (Å²) < 4.78 is 13.1. The van der Waals surface area contributed by atoms with Crippen LogP contribution in [0.4, 0.5) is 10.1 Å². The molecule has 6 heteroatoms. The lowest BCUT2D eigenvalue weighted by atomic mass is 10.2. The van der Waals surface area contributed by atoms with E-state index >= 15 is 0 Å². The van der Waals surface area contributed by atoms with Crippen LogP contribution in [0.1, 0.15) is 17.7 Å². The second kappa shape index (κ2) is 6.91. The molecule has 0 atom stereocenters. The molecule has 0 saturated heterocycles. The monoisotopic (exact) mass is 332 g/mol. The Morgan fingerprint density at radius 2 is 1.96 bits per heavy atom. The van der Waals surface area contributed by atoms with Crippen molar-refractivity contribution in [1.29, 1.82) is 0 Å². The van der Waals surface area contributed by atoms with E-state index in [0.29, 0.717) is 12.2 Å². The smallest absolute Gasteiger partial charge is 0.246 e. The van der Waals surface area contributed by atoms with E-state index in [-0.39, 0.29) is 30.1 Å². The van der Waals surface area contributed by atoms with Crippen LogP contribution >= 0.6 is 11.3 Å². The summed E-state index contributed by atoms with van der Waals surface area (Å²) in [6.45, 7) is 0.361. The third-order valence-corrected chi connectivity index (χ3v) is 4.56. The summed E-state index contributed by atoms with van der Waals surface area (Å²) in [5.41, 5.74) is 0.616. The number of carbonyl (C=O) groups is 2. The molecule has 0 aliphatic heterocycles. The van der Waals surface area contributed by atoms with E-state index in [1.165, 1.54) is 12.1 Å². The molecule has 1 aliphatic rings. The zero-order valence-electron chi connectivity index (χ0n) is 12.5. The van der Waals surface area contributed by atoms with Crippen LogP contribution in [-0.4, -0.2) is 18.4 Å². The van der Waals surface area contributed by atoms with Gasteiger partial charge in [-0.1, -0.05) is 6.07 Å². The topological polar surface area (TPSA) is 49.4 Å². The first-order valence-corrected chi connectivity index (χ1v) is 8.37. The van der Waals surface area contributed by atoms with Crippen molar-refractivity contribution in [3.05, 3.63) is 52.5 Å². The fourth-order valence-corrected chi connectivity index (χ4v) is 2.94. The number of nitrogens with one attached hydrogen (secondary N) is 1. The first kappa shape index (κ1) is 15.7. The average Bonchev–Trinajstić information content (AvgIpc) is 3.28.